The van der Waals surface area contributed by atoms with Crippen LogP contribution in [0.4, 0.5) is 4.39 Å². The fourth-order valence-corrected chi connectivity index (χ4v) is 4.49. The Labute approximate surface area is 186 Å². The third-order valence-corrected chi connectivity index (χ3v) is 5.73. The molecule has 0 radical (unpaired) electrons. The molecule has 0 amide bonds. The summed E-state index contributed by atoms with van der Waals surface area (Å²) >= 11 is 6.40. The largest absolute Gasteiger partial charge is 0.463 e. The van der Waals surface area contributed by atoms with Gasteiger partial charge in [0, 0.05) is 35.2 Å². The maximum Gasteiger partial charge on any atom is 0.336 e. The predicted octanol–water partition coefficient (Wildman–Crippen LogP) is 3.60. The van der Waals surface area contributed by atoms with Crippen LogP contribution in [0.25, 0.3) is 0 Å². The third-order valence-electron chi connectivity index (χ3n) is 5.40. The average Bonchev–Trinajstić information content (AvgIpc) is 2.66. The molecule has 0 saturated carbocycles. The summed E-state index contributed by atoms with van der Waals surface area (Å²) in [6, 6.07) is 3.97. The number of carbonyl (C=O) groups excluding carboxylic acids is 2. The number of allylic oxidation sites excluding steroid dienone is 2. The standard InChI is InChI=1S/C23H28ClFN2O4/c1-4-31-22(29)21-17(12-30-8-7-26)27-16-10-23(2,3)11-18(28)20(16)19(21)14-6-5-13(25)9-15(14)24/h5-6,9,19,27H,4,7-8,10-12,26H2,1-3H3. The topological polar surface area (TPSA) is 90.7 Å². The lowest BCUT2D eigenvalue weighted by Crippen LogP contribution is -2.40. The van der Waals surface area contributed by atoms with Crippen molar-refractivity contribution in [1.29, 1.82) is 0 Å². The van der Waals surface area contributed by atoms with Crippen molar-refractivity contribution < 1.29 is 23.5 Å². The number of carbonyl (C=O) groups is 2. The second kappa shape index (κ2) is 9.51. The number of Topliss-reactive ketones (excluding diaryl/α,β-unsaturated/α-hetero) is 1. The number of esters is 1. The first-order valence-corrected chi connectivity index (χ1v) is 10.7. The molecular weight excluding hydrogens is 423 g/mol. The molecule has 1 unspecified atom stereocenters. The molecule has 2 aliphatic rings. The number of nitrogens with one attached hydrogen (secondary N) is 1. The highest BCUT2D eigenvalue weighted by atomic mass is 35.5. The van der Waals surface area contributed by atoms with Gasteiger partial charge in [-0.15, -0.1) is 0 Å². The molecule has 0 aromatic heterocycles. The van der Waals surface area contributed by atoms with Crippen LogP contribution in [0.5, 0.6) is 0 Å². The summed E-state index contributed by atoms with van der Waals surface area (Å²) in [5.74, 6) is -1.92. The van der Waals surface area contributed by atoms with Crippen LogP contribution in [0.2, 0.25) is 5.02 Å². The van der Waals surface area contributed by atoms with Gasteiger partial charge in [0.1, 0.15) is 5.82 Å². The van der Waals surface area contributed by atoms with Gasteiger partial charge in [-0.25, -0.2) is 9.18 Å². The molecule has 8 heteroatoms. The van der Waals surface area contributed by atoms with Crippen LogP contribution in [0.15, 0.2) is 40.7 Å². The molecule has 0 bridgehead atoms. The molecule has 168 valence electrons. The summed E-state index contributed by atoms with van der Waals surface area (Å²) in [7, 11) is 0. The fourth-order valence-electron chi connectivity index (χ4n) is 4.22. The molecule has 31 heavy (non-hydrogen) atoms. The molecule has 1 aliphatic carbocycles. The summed E-state index contributed by atoms with van der Waals surface area (Å²) in [6.07, 6.45) is 0.942. The maximum atomic E-state index is 13.8. The normalized spacial score (nSPS) is 20.5. The number of hydrogen-bond donors (Lipinski definition) is 2. The first-order valence-electron chi connectivity index (χ1n) is 10.3. The van der Waals surface area contributed by atoms with Gasteiger partial charge in [-0.05, 0) is 36.5 Å². The van der Waals surface area contributed by atoms with Crippen LogP contribution >= 0.6 is 11.6 Å². The van der Waals surface area contributed by atoms with Crippen molar-refractivity contribution in [2.24, 2.45) is 11.1 Å². The first-order chi connectivity index (χ1) is 14.7. The molecule has 0 spiro atoms. The Morgan fingerprint density at radius 1 is 1.35 bits per heavy atom. The van der Waals surface area contributed by atoms with Crippen molar-refractivity contribution in [3.8, 4) is 0 Å². The van der Waals surface area contributed by atoms with Crippen molar-refractivity contribution in [1.82, 2.24) is 5.32 Å². The zero-order chi connectivity index (χ0) is 22.8. The van der Waals surface area contributed by atoms with E-state index in [0.29, 0.717) is 42.8 Å². The van der Waals surface area contributed by atoms with Gasteiger partial charge in [0.2, 0.25) is 0 Å². The predicted molar refractivity (Wildman–Crippen MR) is 116 cm³/mol. The minimum Gasteiger partial charge on any atom is -0.463 e. The number of halogens is 2. The number of ether oxygens (including phenoxy) is 2. The van der Waals surface area contributed by atoms with Crippen LogP contribution in [-0.2, 0) is 19.1 Å². The van der Waals surface area contributed by atoms with Crippen LogP contribution in [0.1, 0.15) is 45.1 Å². The zero-order valence-corrected chi connectivity index (χ0v) is 18.8. The number of benzene rings is 1. The summed E-state index contributed by atoms with van der Waals surface area (Å²) < 4.78 is 24.7. The van der Waals surface area contributed by atoms with E-state index in [9.17, 15) is 14.0 Å². The molecule has 0 saturated heterocycles. The van der Waals surface area contributed by atoms with Gasteiger partial charge in [-0.1, -0.05) is 31.5 Å². The van der Waals surface area contributed by atoms with Crippen LogP contribution in [0, 0.1) is 11.2 Å². The van der Waals surface area contributed by atoms with Crippen molar-refractivity contribution >= 4 is 23.4 Å². The number of nitrogens with two attached hydrogens (primary N) is 1. The van der Waals surface area contributed by atoms with E-state index in [2.05, 4.69) is 5.32 Å². The van der Waals surface area contributed by atoms with Gasteiger partial charge in [0.05, 0.1) is 31.1 Å². The van der Waals surface area contributed by atoms with E-state index in [1.165, 1.54) is 18.2 Å². The van der Waals surface area contributed by atoms with Crippen LogP contribution in [0.3, 0.4) is 0 Å². The molecule has 0 fully saturated rings. The summed E-state index contributed by atoms with van der Waals surface area (Å²) in [5.41, 5.74) is 7.72. The highest BCUT2D eigenvalue weighted by Crippen LogP contribution is 2.48. The Hall–Kier alpha value is -2.22. The Bertz CT molecular complexity index is 955. The SMILES string of the molecule is CCOC(=O)C1=C(COCCN)NC2=C(C(=O)CC(C)(C)C2)C1c1ccc(F)cc1Cl. The minimum atomic E-state index is -0.775. The zero-order valence-electron chi connectivity index (χ0n) is 18.0. The number of hydrogen-bond acceptors (Lipinski definition) is 6. The van der Waals surface area contributed by atoms with Gasteiger partial charge < -0.3 is 20.5 Å². The number of ketones is 1. The quantitative estimate of drug-likeness (QED) is 0.487. The molecule has 3 rings (SSSR count). The number of rotatable bonds is 7. The van der Waals surface area contributed by atoms with E-state index in [1.54, 1.807) is 6.92 Å². The van der Waals surface area contributed by atoms with E-state index >= 15 is 0 Å². The van der Waals surface area contributed by atoms with E-state index in [0.717, 1.165) is 5.70 Å². The average molecular weight is 451 g/mol. The van der Waals surface area contributed by atoms with Gasteiger partial charge in [-0.2, -0.15) is 0 Å². The first kappa shape index (κ1) is 23.4. The highest BCUT2D eigenvalue weighted by molar-refractivity contribution is 6.31. The maximum absolute atomic E-state index is 13.8. The van der Waals surface area contributed by atoms with Gasteiger partial charge in [-0.3, -0.25) is 4.79 Å². The molecule has 1 atom stereocenters. The fraction of sp³-hybridized carbons (Fsp3) is 0.478. The lowest BCUT2D eigenvalue weighted by molar-refractivity contribution is -0.139. The Balaban J connectivity index is 2.21. The van der Waals surface area contributed by atoms with E-state index in [1.807, 2.05) is 13.8 Å². The molecule has 1 aromatic carbocycles. The second-order valence-corrected chi connectivity index (χ2v) is 8.92. The summed E-state index contributed by atoms with van der Waals surface area (Å²) in [5, 5.41) is 3.41. The van der Waals surface area contributed by atoms with Crippen LogP contribution < -0.4 is 11.1 Å². The van der Waals surface area contributed by atoms with Crippen molar-refractivity contribution in [3.05, 3.63) is 57.1 Å². The summed E-state index contributed by atoms with van der Waals surface area (Å²) in [6.45, 7) is 6.63. The van der Waals surface area contributed by atoms with Crippen molar-refractivity contribution in [2.45, 2.75) is 39.5 Å². The molecule has 6 nitrogen and oxygen atoms in total. The molecule has 1 aromatic rings. The third kappa shape index (κ3) is 5.00. The van der Waals surface area contributed by atoms with E-state index in [4.69, 9.17) is 26.8 Å². The smallest absolute Gasteiger partial charge is 0.336 e. The second-order valence-electron chi connectivity index (χ2n) is 8.51. The Kier molecular flexibility index (Phi) is 7.19. The summed E-state index contributed by atoms with van der Waals surface area (Å²) in [4.78, 5) is 26.3. The Morgan fingerprint density at radius 3 is 2.74 bits per heavy atom. The number of dihydropyridines is 1. The van der Waals surface area contributed by atoms with Gasteiger partial charge in [0.15, 0.2) is 5.78 Å². The van der Waals surface area contributed by atoms with Crippen molar-refractivity contribution in [2.75, 3.05) is 26.4 Å². The van der Waals surface area contributed by atoms with Gasteiger partial charge in [0.25, 0.3) is 0 Å². The highest BCUT2D eigenvalue weighted by Gasteiger charge is 2.44. The lowest BCUT2D eigenvalue weighted by Gasteiger charge is -2.40. The molecule has 3 N–H and O–H groups in total. The molecule has 1 aliphatic heterocycles. The van der Waals surface area contributed by atoms with E-state index < -0.39 is 17.7 Å². The van der Waals surface area contributed by atoms with Crippen LogP contribution in [-0.4, -0.2) is 38.1 Å². The van der Waals surface area contributed by atoms with Crippen molar-refractivity contribution in [3.63, 3.8) is 0 Å². The van der Waals surface area contributed by atoms with Gasteiger partial charge >= 0.3 is 5.97 Å². The molecule has 1 heterocycles. The minimum absolute atomic E-state index is 0.0760. The Morgan fingerprint density at radius 2 is 2.10 bits per heavy atom. The van der Waals surface area contributed by atoms with E-state index in [-0.39, 0.29) is 35.0 Å². The molecular formula is C23H28ClFN2O4. The lowest BCUT2D eigenvalue weighted by atomic mass is 9.68. The monoisotopic (exact) mass is 450 g/mol.